The molecule has 2 rings (SSSR count). The second kappa shape index (κ2) is 4.74. The van der Waals surface area contributed by atoms with Gasteiger partial charge in [-0.25, -0.2) is 0 Å². The van der Waals surface area contributed by atoms with Gasteiger partial charge in [0.1, 0.15) is 0 Å². The molecule has 2 saturated heterocycles. The fourth-order valence-electron chi connectivity index (χ4n) is 3.30. The molecule has 0 spiro atoms. The highest BCUT2D eigenvalue weighted by Gasteiger charge is 2.44. The molecule has 4 atom stereocenters. The van der Waals surface area contributed by atoms with Gasteiger partial charge in [-0.1, -0.05) is 20.3 Å². The molecule has 0 radical (unpaired) electrons. The van der Waals surface area contributed by atoms with Crippen LogP contribution in [0, 0.1) is 17.8 Å². The first-order valence-electron chi connectivity index (χ1n) is 6.66. The Labute approximate surface area is 98.6 Å². The van der Waals surface area contributed by atoms with Crippen molar-refractivity contribution in [2.24, 2.45) is 17.8 Å². The standard InChI is InChI=1S/C13H24N2O/c1-4-5-9(2)13(16)15-8-11-6-14-7-12(11)10(15)3/h9-12,14H,4-8H2,1-3H3. The summed E-state index contributed by atoms with van der Waals surface area (Å²) >= 11 is 0. The summed E-state index contributed by atoms with van der Waals surface area (Å²) in [5.74, 6) is 1.98. The number of carbonyl (C=O) groups excluding carboxylic acids is 1. The topological polar surface area (TPSA) is 32.3 Å². The van der Waals surface area contributed by atoms with Crippen molar-refractivity contribution in [3.05, 3.63) is 0 Å². The molecule has 1 amide bonds. The Hall–Kier alpha value is -0.570. The van der Waals surface area contributed by atoms with Crippen molar-refractivity contribution in [3.63, 3.8) is 0 Å². The molecule has 16 heavy (non-hydrogen) atoms. The SMILES string of the molecule is CCCC(C)C(=O)N1CC2CNCC2C1C. The maximum absolute atomic E-state index is 12.3. The van der Waals surface area contributed by atoms with Gasteiger partial charge in [0.2, 0.25) is 5.91 Å². The van der Waals surface area contributed by atoms with Crippen LogP contribution in [0.2, 0.25) is 0 Å². The van der Waals surface area contributed by atoms with Gasteiger partial charge in [0.15, 0.2) is 0 Å². The van der Waals surface area contributed by atoms with Crippen molar-refractivity contribution >= 4 is 5.91 Å². The molecular formula is C13H24N2O. The number of rotatable bonds is 3. The van der Waals surface area contributed by atoms with Crippen LogP contribution in [0.5, 0.6) is 0 Å². The fraction of sp³-hybridized carbons (Fsp3) is 0.923. The van der Waals surface area contributed by atoms with Crippen LogP contribution in [0.4, 0.5) is 0 Å². The molecule has 0 aromatic carbocycles. The van der Waals surface area contributed by atoms with Gasteiger partial charge >= 0.3 is 0 Å². The molecule has 92 valence electrons. The van der Waals surface area contributed by atoms with Gasteiger partial charge in [-0.05, 0) is 25.2 Å². The lowest BCUT2D eigenvalue weighted by molar-refractivity contribution is -0.136. The zero-order chi connectivity index (χ0) is 11.7. The Morgan fingerprint density at radius 1 is 1.50 bits per heavy atom. The first kappa shape index (κ1) is 11.9. The molecule has 2 heterocycles. The van der Waals surface area contributed by atoms with E-state index in [1.54, 1.807) is 0 Å². The van der Waals surface area contributed by atoms with E-state index in [0.29, 0.717) is 23.8 Å². The van der Waals surface area contributed by atoms with E-state index < -0.39 is 0 Å². The lowest BCUT2D eigenvalue weighted by atomic mass is 9.95. The third-order valence-corrected chi connectivity index (χ3v) is 4.36. The molecule has 0 bridgehead atoms. The molecule has 2 aliphatic rings. The van der Waals surface area contributed by atoms with E-state index in [4.69, 9.17) is 0 Å². The average molecular weight is 224 g/mol. The largest absolute Gasteiger partial charge is 0.339 e. The van der Waals surface area contributed by atoms with Crippen molar-refractivity contribution in [1.29, 1.82) is 0 Å². The number of carbonyl (C=O) groups is 1. The van der Waals surface area contributed by atoms with E-state index >= 15 is 0 Å². The summed E-state index contributed by atoms with van der Waals surface area (Å²) in [7, 11) is 0. The highest BCUT2D eigenvalue weighted by molar-refractivity contribution is 5.79. The Morgan fingerprint density at radius 3 is 2.88 bits per heavy atom. The summed E-state index contributed by atoms with van der Waals surface area (Å²) in [4.78, 5) is 14.4. The van der Waals surface area contributed by atoms with Crippen LogP contribution in [0.1, 0.15) is 33.6 Å². The molecule has 2 aliphatic heterocycles. The van der Waals surface area contributed by atoms with E-state index in [2.05, 4.69) is 31.0 Å². The van der Waals surface area contributed by atoms with E-state index in [0.717, 1.165) is 32.5 Å². The van der Waals surface area contributed by atoms with E-state index in [1.807, 2.05) is 0 Å². The number of hydrogen-bond acceptors (Lipinski definition) is 2. The smallest absolute Gasteiger partial charge is 0.225 e. The molecule has 0 saturated carbocycles. The zero-order valence-corrected chi connectivity index (χ0v) is 10.7. The Morgan fingerprint density at radius 2 is 2.25 bits per heavy atom. The van der Waals surface area contributed by atoms with Crippen LogP contribution in [0.25, 0.3) is 0 Å². The minimum Gasteiger partial charge on any atom is -0.339 e. The quantitative estimate of drug-likeness (QED) is 0.787. The Balaban J connectivity index is 1.98. The number of nitrogens with zero attached hydrogens (tertiary/aromatic N) is 1. The van der Waals surface area contributed by atoms with Crippen molar-refractivity contribution in [2.75, 3.05) is 19.6 Å². The minimum atomic E-state index is 0.208. The molecule has 0 aromatic rings. The summed E-state index contributed by atoms with van der Waals surface area (Å²) in [5, 5.41) is 3.43. The van der Waals surface area contributed by atoms with Gasteiger partial charge in [0.05, 0.1) is 0 Å². The normalized spacial score (nSPS) is 35.2. The van der Waals surface area contributed by atoms with Crippen molar-refractivity contribution in [3.8, 4) is 0 Å². The van der Waals surface area contributed by atoms with Crippen LogP contribution in [0.3, 0.4) is 0 Å². The van der Waals surface area contributed by atoms with Crippen molar-refractivity contribution < 1.29 is 4.79 Å². The predicted octanol–water partition coefficient (Wildman–Crippen LogP) is 1.49. The lowest BCUT2D eigenvalue weighted by Crippen LogP contribution is -2.40. The van der Waals surface area contributed by atoms with E-state index in [-0.39, 0.29) is 5.92 Å². The summed E-state index contributed by atoms with van der Waals surface area (Å²) < 4.78 is 0. The third kappa shape index (κ3) is 1.97. The molecule has 3 nitrogen and oxygen atoms in total. The van der Waals surface area contributed by atoms with Crippen molar-refractivity contribution in [2.45, 2.75) is 39.7 Å². The third-order valence-electron chi connectivity index (χ3n) is 4.36. The molecule has 3 heteroatoms. The van der Waals surface area contributed by atoms with Gasteiger partial charge in [-0.2, -0.15) is 0 Å². The number of nitrogens with one attached hydrogen (secondary N) is 1. The van der Waals surface area contributed by atoms with Gasteiger partial charge in [0, 0.05) is 31.6 Å². The summed E-state index contributed by atoms with van der Waals surface area (Å²) in [6.07, 6.45) is 2.12. The van der Waals surface area contributed by atoms with Gasteiger partial charge in [-0.15, -0.1) is 0 Å². The number of likely N-dealkylation sites (tertiary alicyclic amines) is 1. The highest BCUT2D eigenvalue weighted by Crippen LogP contribution is 2.33. The monoisotopic (exact) mass is 224 g/mol. The summed E-state index contributed by atoms with van der Waals surface area (Å²) in [5.41, 5.74) is 0. The molecule has 0 aliphatic carbocycles. The van der Waals surface area contributed by atoms with Crippen LogP contribution in [0.15, 0.2) is 0 Å². The van der Waals surface area contributed by atoms with Crippen LogP contribution >= 0.6 is 0 Å². The first-order valence-corrected chi connectivity index (χ1v) is 6.66. The van der Waals surface area contributed by atoms with Crippen LogP contribution in [-0.2, 0) is 4.79 Å². The maximum atomic E-state index is 12.3. The fourth-order valence-corrected chi connectivity index (χ4v) is 3.30. The zero-order valence-electron chi connectivity index (χ0n) is 10.7. The first-order chi connectivity index (χ1) is 7.65. The highest BCUT2D eigenvalue weighted by atomic mass is 16.2. The minimum absolute atomic E-state index is 0.208. The Bertz CT molecular complexity index is 267. The molecule has 2 fully saturated rings. The van der Waals surface area contributed by atoms with Crippen LogP contribution in [-0.4, -0.2) is 36.5 Å². The number of amides is 1. The van der Waals surface area contributed by atoms with Crippen LogP contribution < -0.4 is 5.32 Å². The number of hydrogen-bond donors (Lipinski definition) is 1. The maximum Gasteiger partial charge on any atom is 0.225 e. The molecule has 0 aromatic heterocycles. The molecule has 4 unspecified atom stereocenters. The second-order valence-corrected chi connectivity index (χ2v) is 5.50. The summed E-state index contributed by atoms with van der Waals surface area (Å²) in [6, 6.07) is 0.437. The molecule has 1 N–H and O–H groups in total. The van der Waals surface area contributed by atoms with Gasteiger partial charge in [0.25, 0.3) is 0 Å². The average Bonchev–Trinajstić information content (AvgIpc) is 2.81. The summed E-state index contributed by atoms with van der Waals surface area (Å²) in [6.45, 7) is 9.61. The van der Waals surface area contributed by atoms with Gasteiger partial charge in [-0.3, -0.25) is 4.79 Å². The predicted molar refractivity (Wildman–Crippen MR) is 65.1 cm³/mol. The lowest BCUT2D eigenvalue weighted by Gasteiger charge is -2.27. The van der Waals surface area contributed by atoms with Gasteiger partial charge < -0.3 is 10.2 Å². The van der Waals surface area contributed by atoms with E-state index in [1.165, 1.54) is 0 Å². The molecular weight excluding hydrogens is 200 g/mol. The Kier molecular flexibility index (Phi) is 3.53. The van der Waals surface area contributed by atoms with Crippen molar-refractivity contribution in [1.82, 2.24) is 10.2 Å². The second-order valence-electron chi connectivity index (χ2n) is 5.50. The number of fused-ring (bicyclic) bond motifs is 1. The van der Waals surface area contributed by atoms with E-state index in [9.17, 15) is 4.79 Å².